The summed E-state index contributed by atoms with van der Waals surface area (Å²) >= 11 is 14.0. The third-order valence-electron chi connectivity index (χ3n) is 4.65. The number of amidine groups is 1. The number of amides is 1. The molecule has 4 rings (SSSR count). The number of aliphatic imine (C=N–C) groups is 1. The molecular formula is C24H20Cl2N2O3S. The smallest absolute Gasteiger partial charge is 0.257 e. The molecule has 0 saturated heterocycles. The number of hydrogen-bond acceptors (Lipinski definition) is 5. The molecule has 8 heteroatoms. The summed E-state index contributed by atoms with van der Waals surface area (Å²) in [5.74, 6) is 1.58. The topological polar surface area (TPSA) is 59.9 Å². The lowest BCUT2D eigenvalue weighted by Gasteiger charge is -2.13. The van der Waals surface area contributed by atoms with Gasteiger partial charge in [0.15, 0.2) is 5.17 Å². The maximum absolute atomic E-state index is 12.8. The van der Waals surface area contributed by atoms with E-state index in [1.54, 1.807) is 18.2 Å². The first-order valence-corrected chi connectivity index (χ1v) is 11.7. The molecule has 0 aromatic heterocycles. The highest BCUT2D eigenvalue weighted by molar-refractivity contribution is 8.14. The van der Waals surface area contributed by atoms with Crippen molar-refractivity contribution in [2.45, 2.75) is 13.2 Å². The van der Waals surface area contributed by atoms with Crippen LogP contribution in [0.25, 0.3) is 0 Å². The number of carbonyl (C=O) groups excluding carboxylic acids is 1. The van der Waals surface area contributed by atoms with Crippen LogP contribution in [0.5, 0.6) is 11.5 Å². The highest BCUT2D eigenvalue weighted by atomic mass is 35.5. The van der Waals surface area contributed by atoms with E-state index in [1.165, 1.54) is 11.8 Å². The minimum absolute atomic E-state index is 0.261. The molecule has 1 N–H and O–H groups in total. The van der Waals surface area contributed by atoms with Crippen LogP contribution in [0.3, 0.4) is 0 Å². The van der Waals surface area contributed by atoms with Gasteiger partial charge in [0.1, 0.15) is 24.7 Å². The minimum Gasteiger partial charge on any atom is -0.489 e. The summed E-state index contributed by atoms with van der Waals surface area (Å²) in [6.45, 7) is 1.22. The van der Waals surface area contributed by atoms with Crippen LogP contribution < -0.4 is 14.8 Å². The van der Waals surface area contributed by atoms with E-state index >= 15 is 0 Å². The molecule has 1 aliphatic rings. The summed E-state index contributed by atoms with van der Waals surface area (Å²) in [6.07, 6.45) is 0. The molecule has 0 fully saturated rings. The molecule has 32 heavy (non-hydrogen) atoms. The van der Waals surface area contributed by atoms with Crippen LogP contribution >= 0.6 is 35.0 Å². The molecule has 1 amide bonds. The zero-order valence-corrected chi connectivity index (χ0v) is 19.3. The zero-order chi connectivity index (χ0) is 22.3. The average molecular weight is 487 g/mol. The van der Waals surface area contributed by atoms with Gasteiger partial charge in [-0.2, -0.15) is 0 Å². The second kappa shape index (κ2) is 10.8. The first-order valence-electron chi connectivity index (χ1n) is 9.94. The Balaban J connectivity index is 1.54. The predicted octanol–water partition coefficient (Wildman–Crippen LogP) is 5.98. The third kappa shape index (κ3) is 5.97. The first kappa shape index (κ1) is 22.5. The van der Waals surface area contributed by atoms with Gasteiger partial charge in [-0.05, 0) is 24.3 Å². The third-order valence-corrected chi connectivity index (χ3v) is 6.28. The van der Waals surface area contributed by atoms with Gasteiger partial charge < -0.3 is 14.8 Å². The zero-order valence-electron chi connectivity index (χ0n) is 17.0. The molecule has 3 aromatic rings. The van der Waals surface area contributed by atoms with E-state index in [-0.39, 0.29) is 19.1 Å². The maximum Gasteiger partial charge on any atom is 0.257 e. The van der Waals surface area contributed by atoms with Crippen molar-refractivity contribution in [2.75, 3.05) is 12.3 Å². The van der Waals surface area contributed by atoms with Crippen molar-refractivity contribution in [3.8, 4) is 11.5 Å². The van der Waals surface area contributed by atoms with Crippen molar-refractivity contribution < 1.29 is 14.3 Å². The van der Waals surface area contributed by atoms with Crippen LogP contribution in [0.4, 0.5) is 0 Å². The first-order chi connectivity index (χ1) is 15.6. The largest absolute Gasteiger partial charge is 0.489 e. The number of hydrogen-bond donors (Lipinski definition) is 1. The van der Waals surface area contributed by atoms with E-state index in [0.717, 1.165) is 16.9 Å². The summed E-state index contributed by atoms with van der Waals surface area (Å²) in [7, 11) is 0. The van der Waals surface area contributed by atoms with Gasteiger partial charge in [-0.1, -0.05) is 71.4 Å². The second-order valence-corrected chi connectivity index (χ2v) is 8.84. The van der Waals surface area contributed by atoms with Crippen LogP contribution in [0.2, 0.25) is 10.0 Å². The van der Waals surface area contributed by atoms with E-state index in [1.807, 2.05) is 48.5 Å². The SMILES string of the molecule is O=C(NC1=NCCS1)c1cc(OCc2ccccc2Cl)cc(OCc2ccccc2Cl)c1. The number of benzene rings is 3. The Morgan fingerprint density at radius 1 is 0.906 bits per heavy atom. The molecule has 164 valence electrons. The quantitative estimate of drug-likeness (QED) is 0.445. The standard InChI is InChI=1S/C24H20Cl2N2O3S/c25-21-7-3-1-5-16(21)14-30-19-11-18(23(29)28-24-27-9-10-32-24)12-20(13-19)31-15-17-6-2-4-8-22(17)26/h1-8,11-13H,9-10,14-15H2,(H,27,28,29). The fourth-order valence-electron chi connectivity index (χ4n) is 3.00. The van der Waals surface area contributed by atoms with Gasteiger partial charge in [0, 0.05) is 38.6 Å². The Kier molecular flexibility index (Phi) is 7.58. The van der Waals surface area contributed by atoms with Gasteiger partial charge in [-0.25, -0.2) is 0 Å². The van der Waals surface area contributed by atoms with Crippen molar-refractivity contribution in [1.82, 2.24) is 5.32 Å². The van der Waals surface area contributed by atoms with Gasteiger partial charge in [0.25, 0.3) is 5.91 Å². The van der Waals surface area contributed by atoms with Crippen LogP contribution in [-0.2, 0) is 13.2 Å². The molecule has 0 bridgehead atoms. The van der Waals surface area contributed by atoms with E-state index in [9.17, 15) is 4.79 Å². The van der Waals surface area contributed by atoms with Crippen molar-refractivity contribution in [3.05, 3.63) is 93.5 Å². The summed E-state index contributed by atoms with van der Waals surface area (Å²) in [5.41, 5.74) is 2.10. The van der Waals surface area contributed by atoms with Gasteiger partial charge in [0.2, 0.25) is 0 Å². The maximum atomic E-state index is 12.8. The van der Waals surface area contributed by atoms with Gasteiger partial charge in [0.05, 0.1) is 6.54 Å². The summed E-state index contributed by atoms with van der Waals surface area (Å²) in [4.78, 5) is 17.1. The Hall–Kier alpha value is -2.67. The van der Waals surface area contributed by atoms with Gasteiger partial charge in [-0.3, -0.25) is 9.79 Å². The fourth-order valence-corrected chi connectivity index (χ4v) is 4.11. The molecule has 3 aromatic carbocycles. The molecule has 1 aliphatic heterocycles. The second-order valence-electron chi connectivity index (χ2n) is 6.94. The normalized spacial score (nSPS) is 12.9. The summed E-state index contributed by atoms with van der Waals surface area (Å²) < 4.78 is 11.9. The Morgan fingerprint density at radius 2 is 1.47 bits per heavy atom. The lowest BCUT2D eigenvalue weighted by atomic mass is 10.2. The molecule has 0 spiro atoms. The number of carbonyl (C=O) groups is 1. The van der Waals surface area contributed by atoms with Crippen molar-refractivity contribution in [2.24, 2.45) is 4.99 Å². The van der Waals surface area contributed by atoms with Crippen LogP contribution in [0.1, 0.15) is 21.5 Å². The van der Waals surface area contributed by atoms with E-state index in [4.69, 9.17) is 32.7 Å². The highest BCUT2D eigenvalue weighted by Crippen LogP contribution is 2.27. The molecule has 0 unspecified atom stereocenters. The van der Waals surface area contributed by atoms with E-state index in [2.05, 4.69) is 10.3 Å². The fraction of sp³-hybridized carbons (Fsp3) is 0.167. The lowest BCUT2D eigenvalue weighted by molar-refractivity contribution is 0.0977. The van der Waals surface area contributed by atoms with Crippen molar-refractivity contribution >= 4 is 46.0 Å². The van der Waals surface area contributed by atoms with E-state index < -0.39 is 0 Å². The molecule has 1 heterocycles. The number of thioether (sulfide) groups is 1. The van der Waals surface area contributed by atoms with Crippen LogP contribution in [-0.4, -0.2) is 23.4 Å². The highest BCUT2D eigenvalue weighted by Gasteiger charge is 2.15. The van der Waals surface area contributed by atoms with Crippen molar-refractivity contribution in [1.29, 1.82) is 0 Å². The molecule has 0 radical (unpaired) electrons. The molecule has 0 aliphatic carbocycles. The average Bonchev–Trinajstić information content (AvgIpc) is 3.31. The number of halogens is 2. The van der Waals surface area contributed by atoms with Gasteiger partial charge >= 0.3 is 0 Å². The number of ether oxygens (including phenoxy) is 2. The monoisotopic (exact) mass is 486 g/mol. The molecule has 0 atom stereocenters. The van der Waals surface area contributed by atoms with Crippen LogP contribution in [0.15, 0.2) is 71.7 Å². The minimum atomic E-state index is -0.274. The summed E-state index contributed by atoms with van der Waals surface area (Å²) in [5, 5.41) is 4.69. The van der Waals surface area contributed by atoms with E-state index in [0.29, 0.717) is 38.8 Å². The number of nitrogens with one attached hydrogen (secondary N) is 1. The predicted molar refractivity (Wildman–Crippen MR) is 130 cm³/mol. The Bertz CT molecular complexity index is 1090. The van der Waals surface area contributed by atoms with Crippen molar-refractivity contribution in [3.63, 3.8) is 0 Å². The number of nitrogens with zero attached hydrogens (tertiary/aromatic N) is 1. The molecule has 5 nitrogen and oxygen atoms in total. The molecular weight excluding hydrogens is 467 g/mol. The Labute approximate surface area is 200 Å². The lowest BCUT2D eigenvalue weighted by Crippen LogP contribution is -2.27. The van der Waals surface area contributed by atoms with Gasteiger partial charge in [-0.15, -0.1) is 0 Å². The number of rotatable bonds is 7. The van der Waals surface area contributed by atoms with Crippen LogP contribution in [0, 0.1) is 0 Å². The molecule has 0 saturated carbocycles. The summed E-state index contributed by atoms with van der Waals surface area (Å²) in [6, 6.07) is 20.0. The Morgan fingerprint density at radius 3 is 1.97 bits per heavy atom.